The van der Waals surface area contributed by atoms with Gasteiger partial charge in [0.1, 0.15) is 0 Å². The molecule has 1 unspecified atom stereocenters. The Hall–Kier alpha value is -1.34. The first-order valence-corrected chi connectivity index (χ1v) is 7.76. The lowest BCUT2D eigenvalue weighted by Crippen LogP contribution is -2.56. The van der Waals surface area contributed by atoms with Gasteiger partial charge in [0, 0.05) is 51.7 Å². The molecule has 3 N–H and O–H groups in total. The quantitative estimate of drug-likeness (QED) is 0.583. The van der Waals surface area contributed by atoms with E-state index in [1.807, 2.05) is 0 Å². The summed E-state index contributed by atoms with van der Waals surface area (Å²) in [5.74, 6) is -1.06. The zero-order valence-corrected chi connectivity index (χ0v) is 12.7. The molecular formula is C14H26N4O3. The van der Waals surface area contributed by atoms with Crippen molar-refractivity contribution in [2.24, 2.45) is 11.8 Å². The van der Waals surface area contributed by atoms with Crippen LogP contribution in [-0.4, -0.2) is 79.3 Å². The van der Waals surface area contributed by atoms with Crippen molar-refractivity contribution < 1.29 is 14.7 Å². The Morgan fingerprint density at radius 1 is 1.33 bits per heavy atom. The van der Waals surface area contributed by atoms with Gasteiger partial charge in [0.15, 0.2) is 0 Å². The summed E-state index contributed by atoms with van der Waals surface area (Å²) in [4.78, 5) is 26.8. The zero-order chi connectivity index (χ0) is 15.2. The number of carboxylic acids is 1. The average Bonchev–Trinajstić information content (AvgIpc) is 2.43. The summed E-state index contributed by atoms with van der Waals surface area (Å²) in [6, 6.07) is -0.0656. The van der Waals surface area contributed by atoms with E-state index in [-0.39, 0.29) is 17.9 Å². The number of carbonyl (C=O) groups excluding carboxylic acids is 1. The minimum Gasteiger partial charge on any atom is -0.481 e. The second kappa shape index (κ2) is 7.61. The van der Waals surface area contributed by atoms with E-state index >= 15 is 0 Å². The van der Waals surface area contributed by atoms with Crippen LogP contribution in [0.4, 0.5) is 4.79 Å². The summed E-state index contributed by atoms with van der Waals surface area (Å²) in [6.45, 7) is 8.75. The largest absolute Gasteiger partial charge is 0.481 e. The number of likely N-dealkylation sites (tertiary alicyclic amines) is 1. The van der Waals surface area contributed by atoms with E-state index in [2.05, 4.69) is 15.5 Å². The molecule has 7 heteroatoms. The van der Waals surface area contributed by atoms with Crippen molar-refractivity contribution in [3.8, 4) is 0 Å². The first kappa shape index (κ1) is 16.0. The number of hydrogen-bond donors (Lipinski definition) is 3. The molecule has 2 amide bonds. The van der Waals surface area contributed by atoms with Gasteiger partial charge in [-0.2, -0.15) is 0 Å². The van der Waals surface area contributed by atoms with Gasteiger partial charge in [0.05, 0.1) is 5.92 Å². The summed E-state index contributed by atoms with van der Waals surface area (Å²) >= 11 is 0. The predicted molar refractivity (Wildman–Crippen MR) is 79.2 cm³/mol. The molecule has 0 aromatic carbocycles. The molecular weight excluding hydrogens is 272 g/mol. The van der Waals surface area contributed by atoms with Crippen molar-refractivity contribution in [3.63, 3.8) is 0 Å². The van der Waals surface area contributed by atoms with Crippen molar-refractivity contribution in [2.45, 2.75) is 13.3 Å². The van der Waals surface area contributed by atoms with Gasteiger partial charge in [-0.3, -0.25) is 4.79 Å². The lowest BCUT2D eigenvalue weighted by molar-refractivity contribution is -0.144. The lowest BCUT2D eigenvalue weighted by atomic mass is 9.87. The number of rotatable bonds is 6. The van der Waals surface area contributed by atoms with Crippen LogP contribution in [0.2, 0.25) is 0 Å². The fourth-order valence-electron chi connectivity index (χ4n) is 2.74. The molecule has 2 heterocycles. The fraction of sp³-hybridized carbons (Fsp3) is 0.857. The van der Waals surface area contributed by atoms with Crippen LogP contribution in [0.15, 0.2) is 0 Å². The van der Waals surface area contributed by atoms with Gasteiger partial charge in [0.2, 0.25) is 0 Å². The molecule has 21 heavy (non-hydrogen) atoms. The second-order valence-corrected chi connectivity index (χ2v) is 5.97. The van der Waals surface area contributed by atoms with Crippen LogP contribution in [0.25, 0.3) is 0 Å². The number of nitrogens with zero attached hydrogens (tertiary/aromatic N) is 2. The molecule has 2 fully saturated rings. The van der Waals surface area contributed by atoms with Crippen molar-refractivity contribution in [2.75, 3.05) is 52.4 Å². The maximum Gasteiger partial charge on any atom is 0.317 e. The number of piperazine rings is 1. The maximum atomic E-state index is 11.9. The topological polar surface area (TPSA) is 84.9 Å². The van der Waals surface area contributed by atoms with E-state index in [1.165, 1.54) is 0 Å². The Morgan fingerprint density at radius 2 is 2.00 bits per heavy atom. The van der Waals surface area contributed by atoms with Crippen LogP contribution in [0, 0.1) is 11.8 Å². The van der Waals surface area contributed by atoms with Gasteiger partial charge in [-0.1, -0.05) is 6.92 Å². The van der Waals surface area contributed by atoms with Crippen molar-refractivity contribution >= 4 is 12.0 Å². The number of hydrogen-bond acceptors (Lipinski definition) is 4. The predicted octanol–water partition coefficient (Wildman–Crippen LogP) is -0.356. The molecule has 7 nitrogen and oxygen atoms in total. The highest BCUT2D eigenvalue weighted by Crippen LogP contribution is 2.23. The van der Waals surface area contributed by atoms with Crippen LogP contribution in [-0.2, 0) is 4.79 Å². The highest BCUT2D eigenvalue weighted by Gasteiger charge is 2.36. The number of nitrogens with one attached hydrogen (secondary N) is 2. The Kier molecular flexibility index (Phi) is 5.81. The van der Waals surface area contributed by atoms with Gasteiger partial charge in [-0.05, 0) is 13.0 Å². The highest BCUT2D eigenvalue weighted by molar-refractivity contribution is 5.76. The highest BCUT2D eigenvalue weighted by atomic mass is 16.4. The molecule has 0 spiro atoms. The molecule has 120 valence electrons. The Balaban J connectivity index is 1.53. The van der Waals surface area contributed by atoms with Gasteiger partial charge < -0.3 is 25.5 Å². The Bertz CT molecular complexity index is 365. The van der Waals surface area contributed by atoms with Crippen LogP contribution < -0.4 is 10.6 Å². The smallest absolute Gasteiger partial charge is 0.317 e. The van der Waals surface area contributed by atoms with E-state index < -0.39 is 5.97 Å². The molecule has 2 aliphatic rings. The molecule has 1 atom stereocenters. The SMILES string of the molecule is CC(C(=O)O)C1CN(C(=O)NCCCN2CCNCC2)C1. The van der Waals surface area contributed by atoms with E-state index in [4.69, 9.17) is 5.11 Å². The van der Waals surface area contributed by atoms with E-state index in [0.717, 1.165) is 39.1 Å². The van der Waals surface area contributed by atoms with Gasteiger partial charge in [-0.15, -0.1) is 0 Å². The molecule has 0 aliphatic carbocycles. The van der Waals surface area contributed by atoms with E-state index in [9.17, 15) is 9.59 Å². The third kappa shape index (κ3) is 4.57. The van der Waals surface area contributed by atoms with Gasteiger partial charge in [0.25, 0.3) is 0 Å². The first-order chi connectivity index (χ1) is 10.1. The molecule has 0 aromatic rings. The summed E-state index contributed by atoms with van der Waals surface area (Å²) in [6.07, 6.45) is 0.953. The summed E-state index contributed by atoms with van der Waals surface area (Å²) in [5.41, 5.74) is 0. The van der Waals surface area contributed by atoms with Gasteiger partial charge in [-0.25, -0.2) is 4.79 Å². The monoisotopic (exact) mass is 298 g/mol. The van der Waals surface area contributed by atoms with Crippen LogP contribution in [0.5, 0.6) is 0 Å². The second-order valence-electron chi connectivity index (χ2n) is 5.97. The van der Waals surface area contributed by atoms with Crippen molar-refractivity contribution in [1.82, 2.24) is 20.4 Å². The van der Waals surface area contributed by atoms with E-state index in [0.29, 0.717) is 19.6 Å². The minimum absolute atomic E-state index is 0.0656. The summed E-state index contributed by atoms with van der Waals surface area (Å²) in [5, 5.41) is 15.1. The molecule has 0 saturated carbocycles. The fourth-order valence-corrected chi connectivity index (χ4v) is 2.74. The standard InChI is InChI=1S/C14H26N4O3/c1-11(13(19)20)12-9-18(10-12)14(21)16-3-2-6-17-7-4-15-5-8-17/h11-12,15H,2-10H2,1H3,(H,16,21)(H,19,20). The molecule has 0 aromatic heterocycles. The first-order valence-electron chi connectivity index (χ1n) is 7.76. The lowest BCUT2D eigenvalue weighted by Gasteiger charge is -2.41. The van der Waals surface area contributed by atoms with Crippen LogP contribution in [0.1, 0.15) is 13.3 Å². The average molecular weight is 298 g/mol. The summed E-state index contributed by atoms with van der Waals surface area (Å²) in [7, 11) is 0. The molecule has 2 saturated heterocycles. The number of urea groups is 1. The van der Waals surface area contributed by atoms with E-state index in [1.54, 1.807) is 11.8 Å². The maximum absolute atomic E-state index is 11.9. The number of amides is 2. The molecule has 2 rings (SSSR count). The van der Waals surface area contributed by atoms with Crippen LogP contribution in [0.3, 0.4) is 0 Å². The zero-order valence-electron chi connectivity index (χ0n) is 12.7. The Morgan fingerprint density at radius 3 is 2.62 bits per heavy atom. The van der Waals surface area contributed by atoms with Crippen molar-refractivity contribution in [1.29, 1.82) is 0 Å². The Labute approximate surface area is 125 Å². The summed E-state index contributed by atoms with van der Waals surface area (Å²) < 4.78 is 0. The molecule has 0 radical (unpaired) electrons. The normalized spacial score (nSPS) is 21.7. The minimum atomic E-state index is -0.781. The molecule has 0 bridgehead atoms. The van der Waals surface area contributed by atoms with Gasteiger partial charge >= 0.3 is 12.0 Å². The van der Waals surface area contributed by atoms with Crippen LogP contribution >= 0.6 is 0 Å². The number of carboxylic acid groups (broad SMARTS) is 1. The number of carbonyl (C=O) groups is 2. The third-order valence-corrected chi connectivity index (χ3v) is 4.43. The van der Waals surface area contributed by atoms with Crippen molar-refractivity contribution in [3.05, 3.63) is 0 Å². The third-order valence-electron chi connectivity index (χ3n) is 4.43. The number of aliphatic carboxylic acids is 1. The molecule has 2 aliphatic heterocycles.